The van der Waals surface area contributed by atoms with Gasteiger partial charge in [-0.1, -0.05) is 45.4 Å². The molecule has 0 spiro atoms. The Hall–Kier alpha value is -2.15. The smallest absolute Gasteiger partial charge is 0.170 e. The van der Waals surface area contributed by atoms with Gasteiger partial charge in [-0.25, -0.2) is 8.78 Å². The minimum atomic E-state index is -0.671. The fourth-order valence-electron chi connectivity index (χ4n) is 1.75. The van der Waals surface area contributed by atoms with Crippen molar-refractivity contribution in [1.29, 1.82) is 0 Å². The molecule has 7 heteroatoms. The molecule has 0 bridgehead atoms. The second kappa shape index (κ2) is 6.53. The third-order valence-corrected chi connectivity index (χ3v) is 3.29. The Balaban J connectivity index is 2.10. The lowest BCUT2D eigenvalue weighted by molar-refractivity contribution is 0.318. The summed E-state index contributed by atoms with van der Waals surface area (Å²) < 4.78 is 27.6. The van der Waals surface area contributed by atoms with Gasteiger partial charge in [-0.2, -0.15) is 0 Å². The van der Waals surface area contributed by atoms with Crippen LogP contribution in [0.15, 0.2) is 46.0 Å². The van der Waals surface area contributed by atoms with Crippen molar-refractivity contribution in [2.45, 2.75) is 6.54 Å². The molecular formula is C14H12BrF2N3O. The van der Waals surface area contributed by atoms with Gasteiger partial charge in [-0.3, -0.25) is 0 Å². The van der Waals surface area contributed by atoms with E-state index in [4.69, 9.17) is 10.9 Å². The molecule has 0 heterocycles. The minimum absolute atomic E-state index is 0.000456. The van der Waals surface area contributed by atoms with Gasteiger partial charge >= 0.3 is 0 Å². The van der Waals surface area contributed by atoms with E-state index in [2.05, 4.69) is 26.4 Å². The zero-order chi connectivity index (χ0) is 15.4. The van der Waals surface area contributed by atoms with E-state index in [9.17, 15) is 8.78 Å². The predicted octanol–water partition coefficient (Wildman–Crippen LogP) is 3.43. The molecule has 110 valence electrons. The van der Waals surface area contributed by atoms with Crippen molar-refractivity contribution >= 4 is 27.5 Å². The van der Waals surface area contributed by atoms with Crippen molar-refractivity contribution in [3.63, 3.8) is 0 Å². The van der Waals surface area contributed by atoms with Crippen LogP contribution in [0.25, 0.3) is 0 Å². The molecule has 0 amide bonds. The zero-order valence-electron chi connectivity index (χ0n) is 10.8. The molecule has 0 atom stereocenters. The number of anilines is 1. The van der Waals surface area contributed by atoms with Gasteiger partial charge in [0.15, 0.2) is 5.84 Å². The van der Waals surface area contributed by atoms with Gasteiger partial charge in [0.2, 0.25) is 0 Å². The highest BCUT2D eigenvalue weighted by Crippen LogP contribution is 2.24. The van der Waals surface area contributed by atoms with Gasteiger partial charge in [0.25, 0.3) is 0 Å². The average Bonchev–Trinajstić information content (AvgIpc) is 2.46. The lowest BCUT2D eigenvalue weighted by Gasteiger charge is -2.10. The van der Waals surface area contributed by atoms with E-state index in [0.717, 1.165) is 5.56 Å². The normalized spacial score (nSPS) is 11.5. The quantitative estimate of drug-likeness (QED) is 0.340. The number of amidine groups is 1. The maximum Gasteiger partial charge on any atom is 0.170 e. The summed E-state index contributed by atoms with van der Waals surface area (Å²) >= 11 is 3.02. The highest BCUT2D eigenvalue weighted by atomic mass is 79.9. The molecular weight excluding hydrogens is 344 g/mol. The van der Waals surface area contributed by atoms with Crippen LogP contribution in [0.4, 0.5) is 14.5 Å². The maximum atomic E-state index is 13.6. The van der Waals surface area contributed by atoms with E-state index in [0.29, 0.717) is 10.0 Å². The summed E-state index contributed by atoms with van der Waals surface area (Å²) in [6, 6.07) is 9.12. The molecule has 2 aromatic rings. The summed E-state index contributed by atoms with van der Waals surface area (Å²) in [5.41, 5.74) is 6.62. The summed E-state index contributed by atoms with van der Waals surface area (Å²) in [7, 11) is 0. The van der Waals surface area contributed by atoms with Crippen LogP contribution in [-0.4, -0.2) is 11.0 Å². The highest BCUT2D eigenvalue weighted by Gasteiger charge is 2.10. The molecule has 0 unspecified atom stereocenters. The average molecular weight is 356 g/mol. The van der Waals surface area contributed by atoms with Crippen molar-refractivity contribution in [2.75, 3.05) is 5.32 Å². The van der Waals surface area contributed by atoms with Gasteiger partial charge in [-0.15, -0.1) is 0 Å². The number of oxime groups is 1. The van der Waals surface area contributed by atoms with Gasteiger partial charge in [0, 0.05) is 16.6 Å². The number of nitrogens with two attached hydrogens (primary N) is 1. The van der Waals surface area contributed by atoms with Crippen molar-refractivity contribution < 1.29 is 14.0 Å². The summed E-state index contributed by atoms with van der Waals surface area (Å²) in [5, 5.41) is 14.2. The lowest BCUT2D eigenvalue weighted by atomic mass is 10.1. The monoisotopic (exact) mass is 355 g/mol. The molecule has 0 aliphatic carbocycles. The number of hydrogen-bond acceptors (Lipinski definition) is 3. The number of hydrogen-bond donors (Lipinski definition) is 3. The molecule has 0 aliphatic heterocycles. The number of benzene rings is 2. The molecule has 0 saturated heterocycles. The Bertz CT molecular complexity index is 651. The maximum absolute atomic E-state index is 13.6. The third kappa shape index (κ3) is 3.69. The third-order valence-electron chi connectivity index (χ3n) is 2.83. The molecule has 4 N–H and O–H groups in total. The summed E-state index contributed by atoms with van der Waals surface area (Å²) in [4.78, 5) is 0. The zero-order valence-corrected chi connectivity index (χ0v) is 12.4. The van der Waals surface area contributed by atoms with E-state index in [-0.39, 0.29) is 18.1 Å². The number of rotatable bonds is 4. The number of nitrogens with zero attached hydrogens (tertiary/aromatic N) is 1. The lowest BCUT2D eigenvalue weighted by Crippen LogP contribution is -2.13. The fraction of sp³-hybridized carbons (Fsp3) is 0.0714. The highest BCUT2D eigenvalue weighted by molar-refractivity contribution is 9.10. The van der Waals surface area contributed by atoms with Crippen molar-refractivity contribution in [3.05, 3.63) is 63.6 Å². The summed E-state index contributed by atoms with van der Waals surface area (Å²) in [6.45, 7) is 0.242. The molecule has 2 aromatic carbocycles. The van der Waals surface area contributed by atoms with Gasteiger partial charge in [0.05, 0.1) is 0 Å². The number of halogens is 3. The van der Waals surface area contributed by atoms with Crippen LogP contribution in [0.1, 0.15) is 11.1 Å². The molecule has 0 aliphatic rings. The van der Waals surface area contributed by atoms with Gasteiger partial charge < -0.3 is 16.3 Å². The molecule has 2 rings (SSSR count). The van der Waals surface area contributed by atoms with Crippen LogP contribution in [0.5, 0.6) is 0 Å². The molecule has 0 radical (unpaired) electrons. The largest absolute Gasteiger partial charge is 0.409 e. The van der Waals surface area contributed by atoms with E-state index in [1.54, 1.807) is 24.3 Å². The molecule has 0 aromatic heterocycles. The van der Waals surface area contributed by atoms with Crippen molar-refractivity contribution in [3.8, 4) is 0 Å². The summed E-state index contributed by atoms with van der Waals surface area (Å²) in [5.74, 6) is -1.34. The molecule has 4 nitrogen and oxygen atoms in total. The first-order valence-electron chi connectivity index (χ1n) is 5.96. The Morgan fingerprint density at radius 3 is 2.29 bits per heavy atom. The Morgan fingerprint density at radius 1 is 1.19 bits per heavy atom. The van der Waals surface area contributed by atoms with Crippen LogP contribution in [0, 0.1) is 11.6 Å². The molecule has 21 heavy (non-hydrogen) atoms. The van der Waals surface area contributed by atoms with E-state index in [1.165, 1.54) is 12.1 Å². The first-order chi connectivity index (χ1) is 10.0. The first-order valence-corrected chi connectivity index (χ1v) is 6.76. The van der Waals surface area contributed by atoms with Gasteiger partial charge in [-0.05, 0) is 17.7 Å². The van der Waals surface area contributed by atoms with Crippen molar-refractivity contribution in [2.24, 2.45) is 10.9 Å². The fourth-order valence-corrected chi connectivity index (χ4v) is 2.15. The predicted molar refractivity (Wildman–Crippen MR) is 80.3 cm³/mol. The standard InChI is InChI=1S/C14H12BrF2N3O/c15-10-5-11(16)13(12(17)6-10)19-7-8-1-3-9(4-2-8)14(18)20-21/h1-6,19,21H,7H2,(H2,18,20). The molecule has 0 saturated carbocycles. The van der Waals surface area contributed by atoms with E-state index in [1.807, 2.05) is 0 Å². The van der Waals surface area contributed by atoms with Crippen LogP contribution >= 0.6 is 15.9 Å². The Kier molecular flexibility index (Phi) is 4.74. The summed E-state index contributed by atoms with van der Waals surface area (Å²) in [6.07, 6.45) is 0. The van der Waals surface area contributed by atoms with Crippen molar-refractivity contribution in [1.82, 2.24) is 0 Å². The van der Waals surface area contributed by atoms with Gasteiger partial charge in [0.1, 0.15) is 17.3 Å². The first kappa shape index (κ1) is 15.2. The Labute approximate surface area is 128 Å². The van der Waals surface area contributed by atoms with Crippen LogP contribution in [0.3, 0.4) is 0 Å². The topological polar surface area (TPSA) is 70.6 Å². The van der Waals surface area contributed by atoms with Crippen LogP contribution in [0.2, 0.25) is 0 Å². The second-order valence-corrected chi connectivity index (χ2v) is 5.20. The van der Waals surface area contributed by atoms with Crippen LogP contribution in [-0.2, 0) is 6.54 Å². The van der Waals surface area contributed by atoms with E-state index < -0.39 is 11.6 Å². The Morgan fingerprint density at radius 2 is 1.76 bits per heavy atom. The number of nitrogens with one attached hydrogen (secondary N) is 1. The van der Waals surface area contributed by atoms with E-state index >= 15 is 0 Å². The minimum Gasteiger partial charge on any atom is -0.409 e. The van der Waals surface area contributed by atoms with Crippen LogP contribution < -0.4 is 11.1 Å². The second-order valence-electron chi connectivity index (χ2n) is 4.28. The molecule has 0 fully saturated rings. The SMILES string of the molecule is NC(=NO)c1ccc(CNc2c(F)cc(Br)cc2F)cc1.